The Bertz CT molecular complexity index is 401. The van der Waals surface area contributed by atoms with E-state index in [-0.39, 0.29) is 5.82 Å². The highest BCUT2D eigenvalue weighted by Crippen LogP contribution is 2.22. The van der Waals surface area contributed by atoms with Gasteiger partial charge in [-0.3, -0.25) is 4.90 Å². The van der Waals surface area contributed by atoms with Gasteiger partial charge in [-0.25, -0.2) is 4.39 Å². The molecule has 0 spiro atoms. The SMILES string of the molecule is CN(C)C1CCN(Cc2ccc(F)cc2Br)CC1. The van der Waals surface area contributed by atoms with Crippen LogP contribution in [0.3, 0.4) is 0 Å². The molecule has 0 atom stereocenters. The lowest BCUT2D eigenvalue weighted by atomic mass is 10.0. The zero-order valence-electron chi connectivity index (χ0n) is 11.0. The van der Waals surface area contributed by atoms with Gasteiger partial charge in [0.05, 0.1) is 0 Å². The summed E-state index contributed by atoms with van der Waals surface area (Å²) in [5, 5.41) is 0. The van der Waals surface area contributed by atoms with Crippen LogP contribution >= 0.6 is 15.9 Å². The molecule has 0 N–H and O–H groups in total. The third kappa shape index (κ3) is 3.53. The lowest BCUT2D eigenvalue weighted by Gasteiger charge is -2.35. The van der Waals surface area contributed by atoms with Gasteiger partial charge in [0.15, 0.2) is 0 Å². The zero-order valence-corrected chi connectivity index (χ0v) is 12.6. The van der Waals surface area contributed by atoms with E-state index in [0.29, 0.717) is 6.04 Å². The van der Waals surface area contributed by atoms with Crippen LogP contribution in [-0.2, 0) is 6.54 Å². The quantitative estimate of drug-likeness (QED) is 0.846. The third-order valence-electron chi connectivity index (χ3n) is 3.70. The van der Waals surface area contributed by atoms with Crippen molar-refractivity contribution in [2.45, 2.75) is 25.4 Å². The summed E-state index contributed by atoms with van der Waals surface area (Å²) in [7, 11) is 4.30. The Labute approximate surface area is 117 Å². The van der Waals surface area contributed by atoms with E-state index in [1.165, 1.54) is 24.5 Å². The van der Waals surface area contributed by atoms with E-state index in [1.54, 1.807) is 6.07 Å². The predicted octanol–water partition coefficient (Wildman–Crippen LogP) is 3.11. The molecule has 2 nitrogen and oxygen atoms in total. The molecule has 0 aliphatic carbocycles. The number of rotatable bonds is 3. The summed E-state index contributed by atoms with van der Waals surface area (Å²) in [6.07, 6.45) is 2.43. The highest BCUT2D eigenvalue weighted by Gasteiger charge is 2.20. The van der Waals surface area contributed by atoms with Crippen LogP contribution in [0.5, 0.6) is 0 Å². The average Bonchev–Trinajstić information content (AvgIpc) is 2.33. The summed E-state index contributed by atoms with van der Waals surface area (Å²) in [6.45, 7) is 3.14. The van der Waals surface area contributed by atoms with Gasteiger partial charge in [-0.15, -0.1) is 0 Å². The molecule has 100 valence electrons. The van der Waals surface area contributed by atoms with Crippen molar-refractivity contribution in [3.05, 3.63) is 34.1 Å². The molecule has 4 heteroatoms. The van der Waals surface area contributed by atoms with Crippen LogP contribution in [0.15, 0.2) is 22.7 Å². The molecule has 18 heavy (non-hydrogen) atoms. The second kappa shape index (κ2) is 6.13. The summed E-state index contributed by atoms with van der Waals surface area (Å²) in [5.41, 5.74) is 1.17. The second-order valence-electron chi connectivity index (χ2n) is 5.21. The molecule has 0 unspecified atom stereocenters. The standard InChI is InChI=1S/C14H20BrFN2/c1-17(2)13-5-7-18(8-6-13)10-11-3-4-12(16)9-14(11)15/h3-4,9,13H,5-8,10H2,1-2H3. The van der Waals surface area contributed by atoms with Crippen molar-refractivity contribution in [2.24, 2.45) is 0 Å². The normalized spacial score (nSPS) is 18.5. The maximum Gasteiger partial charge on any atom is 0.124 e. The third-order valence-corrected chi connectivity index (χ3v) is 4.43. The van der Waals surface area contributed by atoms with Crippen molar-refractivity contribution in [1.29, 1.82) is 0 Å². The summed E-state index contributed by atoms with van der Waals surface area (Å²) in [6, 6.07) is 5.66. The van der Waals surface area contributed by atoms with Crippen LogP contribution in [0.1, 0.15) is 18.4 Å². The van der Waals surface area contributed by atoms with E-state index in [4.69, 9.17) is 0 Å². The Morgan fingerprint density at radius 3 is 2.56 bits per heavy atom. The molecule has 1 aromatic rings. The molecule has 0 aromatic heterocycles. The van der Waals surface area contributed by atoms with Gasteiger partial charge in [0.1, 0.15) is 5.82 Å². The van der Waals surface area contributed by atoms with Crippen molar-refractivity contribution < 1.29 is 4.39 Å². The summed E-state index contributed by atoms with van der Waals surface area (Å²) in [5.74, 6) is -0.183. The molecule has 1 fully saturated rings. The minimum atomic E-state index is -0.183. The van der Waals surface area contributed by atoms with E-state index >= 15 is 0 Å². The zero-order chi connectivity index (χ0) is 13.1. The lowest BCUT2D eigenvalue weighted by Crippen LogP contribution is -2.41. The molecule has 1 saturated heterocycles. The second-order valence-corrected chi connectivity index (χ2v) is 6.06. The Morgan fingerprint density at radius 1 is 1.33 bits per heavy atom. The first kappa shape index (κ1) is 14.0. The first-order valence-electron chi connectivity index (χ1n) is 6.39. The fourth-order valence-electron chi connectivity index (χ4n) is 2.48. The topological polar surface area (TPSA) is 6.48 Å². The van der Waals surface area contributed by atoms with Gasteiger partial charge >= 0.3 is 0 Å². The Kier molecular flexibility index (Phi) is 4.76. The van der Waals surface area contributed by atoms with Crippen LogP contribution in [0, 0.1) is 5.82 Å². The first-order chi connectivity index (χ1) is 8.56. The van der Waals surface area contributed by atoms with Crippen molar-refractivity contribution >= 4 is 15.9 Å². The van der Waals surface area contributed by atoms with Crippen LogP contribution < -0.4 is 0 Å². The summed E-state index contributed by atoms with van der Waals surface area (Å²) in [4.78, 5) is 4.75. The van der Waals surface area contributed by atoms with Crippen molar-refractivity contribution in [3.63, 3.8) is 0 Å². The first-order valence-corrected chi connectivity index (χ1v) is 7.18. The van der Waals surface area contributed by atoms with Crippen molar-refractivity contribution in [2.75, 3.05) is 27.2 Å². The van der Waals surface area contributed by atoms with Gasteiger partial charge in [-0.05, 0) is 57.7 Å². The number of piperidine rings is 1. The van der Waals surface area contributed by atoms with Crippen LogP contribution in [0.25, 0.3) is 0 Å². The van der Waals surface area contributed by atoms with E-state index < -0.39 is 0 Å². The van der Waals surface area contributed by atoms with Crippen molar-refractivity contribution in [3.8, 4) is 0 Å². The average molecular weight is 315 g/mol. The number of benzene rings is 1. The smallest absolute Gasteiger partial charge is 0.124 e. The molecule has 2 rings (SSSR count). The van der Waals surface area contributed by atoms with Gasteiger partial charge in [-0.2, -0.15) is 0 Å². The lowest BCUT2D eigenvalue weighted by molar-refractivity contribution is 0.140. The fraction of sp³-hybridized carbons (Fsp3) is 0.571. The largest absolute Gasteiger partial charge is 0.306 e. The Balaban J connectivity index is 1.91. The van der Waals surface area contributed by atoms with Gasteiger partial charge in [0, 0.05) is 17.1 Å². The maximum atomic E-state index is 13.0. The van der Waals surface area contributed by atoms with E-state index in [1.807, 2.05) is 6.07 Å². The molecule has 1 aromatic carbocycles. The van der Waals surface area contributed by atoms with Crippen molar-refractivity contribution in [1.82, 2.24) is 9.80 Å². The molecule has 0 saturated carbocycles. The Morgan fingerprint density at radius 2 is 2.00 bits per heavy atom. The van der Waals surface area contributed by atoms with Crippen LogP contribution in [0.2, 0.25) is 0 Å². The molecular formula is C14H20BrFN2. The number of halogens is 2. The van der Waals surface area contributed by atoms with Crippen LogP contribution in [-0.4, -0.2) is 43.0 Å². The molecule has 1 heterocycles. The molecule has 1 aliphatic rings. The number of hydrogen-bond acceptors (Lipinski definition) is 2. The van der Waals surface area contributed by atoms with Gasteiger partial charge in [-0.1, -0.05) is 22.0 Å². The maximum absolute atomic E-state index is 13.0. The predicted molar refractivity (Wildman–Crippen MR) is 76.1 cm³/mol. The molecule has 0 amide bonds. The highest BCUT2D eigenvalue weighted by molar-refractivity contribution is 9.10. The van der Waals surface area contributed by atoms with Gasteiger partial charge in [0.25, 0.3) is 0 Å². The summed E-state index contributed by atoms with van der Waals surface area (Å²) < 4.78 is 13.9. The minimum absolute atomic E-state index is 0.183. The highest BCUT2D eigenvalue weighted by atomic mass is 79.9. The number of likely N-dealkylation sites (tertiary alicyclic amines) is 1. The molecule has 0 radical (unpaired) electrons. The monoisotopic (exact) mass is 314 g/mol. The van der Waals surface area contributed by atoms with Gasteiger partial charge in [0.2, 0.25) is 0 Å². The number of hydrogen-bond donors (Lipinski definition) is 0. The molecule has 0 bridgehead atoms. The number of nitrogens with zero attached hydrogens (tertiary/aromatic N) is 2. The Hall–Kier alpha value is -0.450. The fourth-order valence-corrected chi connectivity index (χ4v) is 2.96. The molecular weight excluding hydrogens is 295 g/mol. The van der Waals surface area contributed by atoms with E-state index in [9.17, 15) is 4.39 Å². The van der Waals surface area contributed by atoms with E-state index in [2.05, 4.69) is 39.8 Å². The minimum Gasteiger partial charge on any atom is -0.306 e. The summed E-state index contributed by atoms with van der Waals surface area (Å²) >= 11 is 3.43. The molecule has 1 aliphatic heterocycles. The van der Waals surface area contributed by atoms with E-state index in [0.717, 1.165) is 24.1 Å². The van der Waals surface area contributed by atoms with Crippen LogP contribution in [0.4, 0.5) is 4.39 Å². The van der Waals surface area contributed by atoms with Gasteiger partial charge < -0.3 is 4.90 Å².